The Hall–Kier alpha value is -1.73. The number of carbonyl (C=O) groups is 1. The smallest absolute Gasteiger partial charge is 0.261 e. The molecule has 0 N–H and O–H groups in total. The fourth-order valence-electron chi connectivity index (χ4n) is 4.40. The molecular formula is C21H27BrN4O2. The van der Waals surface area contributed by atoms with Crippen LogP contribution in [0, 0.1) is 5.92 Å². The lowest BCUT2D eigenvalue weighted by molar-refractivity contribution is -0.133. The Kier molecular flexibility index (Phi) is 6.11. The highest BCUT2D eigenvalue weighted by atomic mass is 79.9. The average molecular weight is 447 g/mol. The first-order valence-electron chi connectivity index (χ1n) is 10.2. The molecule has 0 atom stereocenters. The molecule has 28 heavy (non-hydrogen) atoms. The van der Waals surface area contributed by atoms with Gasteiger partial charge in [0.1, 0.15) is 6.54 Å². The summed E-state index contributed by atoms with van der Waals surface area (Å²) >= 11 is 3.39. The van der Waals surface area contributed by atoms with Crippen molar-refractivity contribution in [3.05, 3.63) is 39.4 Å². The van der Waals surface area contributed by atoms with Crippen molar-refractivity contribution >= 4 is 32.7 Å². The van der Waals surface area contributed by atoms with Crippen molar-refractivity contribution in [3.63, 3.8) is 0 Å². The Morgan fingerprint density at radius 1 is 1.11 bits per heavy atom. The SMILES string of the molecule is O=C(Cn1cnc2ccc(Br)cc2c1=O)N1CCN(CC2CCCCC2)CC1. The summed E-state index contributed by atoms with van der Waals surface area (Å²) in [5.41, 5.74) is 0.476. The van der Waals surface area contributed by atoms with Gasteiger partial charge in [-0.05, 0) is 37.0 Å². The average Bonchev–Trinajstić information content (AvgIpc) is 2.72. The molecule has 0 radical (unpaired) electrons. The summed E-state index contributed by atoms with van der Waals surface area (Å²) < 4.78 is 2.25. The fraction of sp³-hybridized carbons (Fsp3) is 0.571. The van der Waals surface area contributed by atoms with Gasteiger partial charge in [0.15, 0.2) is 0 Å². The van der Waals surface area contributed by atoms with Gasteiger partial charge in [-0.15, -0.1) is 0 Å². The molecule has 0 unspecified atom stereocenters. The van der Waals surface area contributed by atoms with E-state index in [9.17, 15) is 9.59 Å². The number of amides is 1. The van der Waals surface area contributed by atoms with Gasteiger partial charge >= 0.3 is 0 Å². The quantitative estimate of drug-likeness (QED) is 0.724. The minimum atomic E-state index is -0.171. The summed E-state index contributed by atoms with van der Waals surface area (Å²) in [4.78, 5) is 34.1. The van der Waals surface area contributed by atoms with Crippen LogP contribution in [-0.4, -0.2) is 58.0 Å². The van der Waals surface area contributed by atoms with E-state index in [4.69, 9.17) is 0 Å². The van der Waals surface area contributed by atoms with Crippen molar-refractivity contribution in [1.29, 1.82) is 0 Å². The van der Waals surface area contributed by atoms with Crippen LogP contribution in [0.1, 0.15) is 32.1 Å². The largest absolute Gasteiger partial charge is 0.339 e. The predicted octanol–water partition coefficient (Wildman–Crippen LogP) is 2.88. The van der Waals surface area contributed by atoms with Crippen LogP contribution in [0.3, 0.4) is 0 Å². The molecule has 1 saturated heterocycles. The third-order valence-electron chi connectivity index (χ3n) is 6.06. The number of benzene rings is 1. The van der Waals surface area contributed by atoms with Crippen LogP contribution < -0.4 is 5.56 Å². The van der Waals surface area contributed by atoms with Gasteiger partial charge in [-0.1, -0.05) is 35.2 Å². The van der Waals surface area contributed by atoms with E-state index in [1.807, 2.05) is 11.0 Å². The predicted molar refractivity (Wildman–Crippen MR) is 113 cm³/mol. The number of carbonyl (C=O) groups excluding carboxylic acids is 1. The molecule has 2 heterocycles. The van der Waals surface area contributed by atoms with Gasteiger partial charge in [0.2, 0.25) is 5.91 Å². The summed E-state index contributed by atoms with van der Waals surface area (Å²) in [6.45, 7) is 4.57. The van der Waals surface area contributed by atoms with E-state index in [0.29, 0.717) is 10.9 Å². The van der Waals surface area contributed by atoms with Crippen molar-refractivity contribution in [2.45, 2.75) is 38.6 Å². The second kappa shape index (κ2) is 8.74. The zero-order valence-corrected chi connectivity index (χ0v) is 17.7. The highest BCUT2D eigenvalue weighted by Crippen LogP contribution is 2.24. The maximum absolute atomic E-state index is 12.7. The van der Waals surface area contributed by atoms with E-state index in [-0.39, 0.29) is 18.0 Å². The number of rotatable bonds is 4. The maximum Gasteiger partial charge on any atom is 0.261 e. The van der Waals surface area contributed by atoms with Crippen molar-refractivity contribution < 1.29 is 4.79 Å². The first kappa shape index (κ1) is 19.6. The van der Waals surface area contributed by atoms with Crippen molar-refractivity contribution in [3.8, 4) is 0 Å². The van der Waals surface area contributed by atoms with E-state index >= 15 is 0 Å². The van der Waals surface area contributed by atoms with Crippen LogP contribution in [0.2, 0.25) is 0 Å². The molecule has 1 aromatic carbocycles. The normalized spacial score (nSPS) is 19.2. The standard InChI is InChI=1S/C21H27BrN4O2/c22-17-6-7-19-18(12-17)21(28)26(15-23-19)14-20(27)25-10-8-24(9-11-25)13-16-4-2-1-3-5-16/h6-7,12,15-16H,1-5,8-11,13-14H2. The lowest BCUT2D eigenvalue weighted by Crippen LogP contribution is -2.51. The molecule has 150 valence electrons. The maximum atomic E-state index is 12.7. The number of aromatic nitrogens is 2. The topological polar surface area (TPSA) is 58.4 Å². The molecule has 1 aliphatic heterocycles. The molecule has 2 fully saturated rings. The third-order valence-corrected chi connectivity index (χ3v) is 6.55. The van der Waals surface area contributed by atoms with Gasteiger partial charge in [-0.2, -0.15) is 0 Å². The summed E-state index contributed by atoms with van der Waals surface area (Å²) in [6, 6.07) is 5.42. The van der Waals surface area contributed by atoms with Gasteiger partial charge in [0.25, 0.3) is 5.56 Å². The first-order chi connectivity index (χ1) is 13.6. The Bertz CT molecular complexity index is 899. The van der Waals surface area contributed by atoms with Crippen LogP contribution in [-0.2, 0) is 11.3 Å². The van der Waals surface area contributed by atoms with Crippen LogP contribution in [0.25, 0.3) is 10.9 Å². The Morgan fingerprint density at radius 2 is 1.86 bits per heavy atom. The van der Waals surface area contributed by atoms with Crippen LogP contribution in [0.15, 0.2) is 33.8 Å². The molecule has 1 saturated carbocycles. The van der Waals surface area contributed by atoms with Crippen molar-refractivity contribution in [2.24, 2.45) is 5.92 Å². The number of hydrogen-bond acceptors (Lipinski definition) is 4. The van der Waals surface area contributed by atoms with E-state index in [1.165, 1.54) is 49.5 Å². The summed E-state index contributed by atoms with van der Waals surface area (Å²) in [6.07, 6.45) is 8.32. The van der Waals surface area contributed by atoms with E-state index < -0.39 is 0 Å². The van der Waals surface area contributed by atoms with Gasteiger partial charge in [0.05, 0.1) is 17.2 Å². The molecule has 2 aromatic rings. The zero-order chi connectivity index (χ0) is 19.5. The minimum absolute atomic E-state index is 0.00411. The number of piperazine rings is 1. The van der Waals surface area contributed by atoms with Gasteiger partial charge in [-0.25, -0.2) is 4.98 Å². The third kappa shape index (κ3) is 4.46. The molecule has 6 nitrogen and oxygen atoms in total. The van der Waals surface area contributed by atoms with E-state index in [0.717, 1.165) is 36.6 Å². The molecule has 1 amide bonds. The van der Waals surface area contributed by atoms with Crippen molar-refractivity contribution in [1.82, 2.24) is 19.4 Å². The molecule has 0 spiro atoms. The van der Waals surface area contributed by atoms with Crippen LogP contribution >= 0.6 is 15.9 Å². The number of nitrogens with zero attached hydrogens (tertiary/aromatic N) is 4. The molecule has 0 bridgehead atoms. The lowest BCUT2D eigenvalue weighted by atomic mass is 9.89. The van der Waals surface area contributed by atoms with Crippen molar-refractivity contribution in [2.75, 3.05) is 32.7 Å². The zero-order valence-electron chi connectivity index (χ0n) is 16.1. The van der Waals surface area contributed by atoms with Crippen LogP contribution in [0.5, 0.6) is 0 Å². The molecule has 1 aliphatic carbocycles. The monoisotopic (exact) mass is 446 g/mol. The highest BCUT2D eigenvalue weighted by Gasteiger charge is 2.24. The Morgan fingerprint density at radius 3 is 2.61 bits per heavy atom. The molecular weight excluding hydrogens is 420 g/mol. The summed E-state index contributed by atoms with van der Waals surface area (Å²) in [5.74, 6) is 0.827. The molecule has 1 aromatic heterocycles. The van der Waals surface area contributed by atoms with Gasteiger partial charge in [-0.3, -0.25) is 19.1 Å². The summed E-state index contributed by atoms with van der Waals surface area (Å²) in [5, 5.41) is 0.530. The second-order valence-corrected chi connectivity index (χ2v) is 8.94. The number of fused-ring (bicyclic) bond motifs is 1. The van der Waals surface area contributed by atoms with Crippen LogP contribution in [0.4, 0.5) is 0 Å². The highest BCUT2D eigenvalue weighted by molar-refractivity contribution is 9.10. The van der Waals surface area contributed by atoms with E-state index in [1.54, 1.807) is 12.1 Å². The molecule has 4 rings (SSSR count). The first-order valence-corrected chi connectivity index (χ1v) is 11.0. The van der Waals surface area contributed by atoms with Gasteiger partial charge < -0.3 is 4.90 Å². The number of hydrogen-bond donors (Lipinski definition) is 0. The fourth-order valence-corrected chi connectivity index (χ4v) is 4.77. The second-order valence-electron chi connectivity index (χ2n) is 8.02. The van der Waals surface area contributed by atoms with E-state index in [2.05, 4.69) is 25.8 Å². The Labute approximate surface area is 173 Å². The Balaban J connectivity index is 1.35. The lowest BCUT2D eigenvalue weighted by Gasteiger charge is -2.37. The molecule has 2 aliphatic rings. The number of halogens is 1. The summed E-state index contributed by atoms with van der Waals surface area (Å²) in [7, 11) is 0. The van der Waals surface area contributed by atoms with Gasteiger partial charge in [0, 0.05) is 37.2 Å². The molecule has 7 heteroatoms. The minimum Gasteiger partial charge on any atom is -0.339 e.